The molecule has 5 aromatic carbocycles. The Labute approximate surface area is 276 Å². The van der Waals surface area contributed by atoms with E-state index in [0.29, 0.717) is 17.2 Å². The topological polar surface area (TPSA) is 47.9 Å². The highest BCUT2D eigenvalue weighted by molar-refractivity contribution is 7.43. The van der Waals surface area contributed by atoms with Crippen LogP contribution in [-0.4, -0.2) is 5.11 Å². The lowest BCUT2D eigenvalue weighted by Gasteiger charge is -2.30. The lowest BCUT2D eigenvalue weighted by Crippen LogP contribution is -2.17. The Morgan fingerprint density at radius 3 is 1.46 bits per heavy atom. The molecular formula is C41H45O4P. The Morgan fingerprint density at radius 2 is 0.978 bits per heavy atom. The fourth-order valence-corrected chi connectivity index (χ4v) is 6.75. The summed E-state index contributed by atoms with van der Waals surface area (Å²) in [5.41, 5.74) is 7.22. The van der Waals surface area contributed by atoms with Crippen LogP contribution in [0.3, 0.4) is 0 Å². The molecule has 0 fully saturated rings. The summed E-state index contributed by atoms with van der Waals surface area (Å²) in [5, 5.41) is 11.0. The van der Waals surface area contributed by atoms with Crippen molar-refractivity contribution in [2.75, 3.05) is 0 Å². The maximum Gasteiger partial charge on any atom is 0.530 e. The van der Waals surface area contributed by atoms with Crippen LogP contribution in [0.25, 0.3) is 0 Å². The molecular weight excluding hydrogens is 587 g/mol. The van der Waals surface area contributed by atoms with Crippen LogP contribution in [0, 0.1) is 13.8 Å². The summed E-state index contributed by atoms with van der Waals surface area (Å²) in [5.74, 6) is 2.37. The quantitative estimate of drug-likeness (QED) is 0.130. The summed E-state index contributed by atoms with van der Waals surface area (Å²) < 4.78 is 19.3. The Balaban J connectivity index is 1.65. The van der Waals surface area contributed by atoms with E-state index in [1.165, 1.54) is 16.7 Å². The number of rotatable bonds is 9. The first-order valence-corrected chi connectivity index (χ1v) is 16.9. The molecule has 5 rings (SSSR count). The van der Waals surface area contributed by atoms with Crippen molar-refractivity contribution in [1.29, 1.82) is 0 Å². The van der Waals surface area contributed by atoms with Gasteiger partial charge in [-0.3, -0.25) is 0 Å². The molecule has 1 N–H and O–H groups in total. The predicted octanol–water partition coefficient (Wildman–Crippen LogP) is 11.5. The molecule has 0 aliphatic heterocycles. The molecule has 0 aliphatic rings. The Bertz CT molecular complexity index is 1710. The van der Waals surface area contributed by atoms with Crippen molar-refractivity contribution in [2.24, 2.45) is 0 Å². The second-order valence-corrected chi connectivity index (χ2v) is 14.9. The number of benzene rings is 5. The van der Waals surface area contributed by atoms with Crippen LogP contribution >= 0.6 is 8.60 Å². The van der Waals surface area contributed by atoms with Gasteiger partial charge in [0, 0.05) is 11.5 Å². The van der Waals surface area contributed by atoms with Crippen LogP contribution in [0.2, 0.25) is 0 Å². The van der Waals surface area contributed by atoms with Gasteiger partial charge in [-0.1, -0.05) is 120 Å². The average Bonchev–Trinajstić information content (AvgIpc) is 2.99. The lowest BCUT2D eigenvalue weighted by molar-refractivity contribution is 0.382. The molecule has 0 aliphatic carbocycles. The van der Waals surface area contributed by atoms with Crippen molar-refractivity contribution >= 4 is 8.60 Å². The number of aryl methyl sites for hydroxylation is 2. The zero-order chi connectivity index (χ0) is 33.1. The molecule has 0 radical (unpaired) electrons. The van der Waals surface area contributed by atoms with Crippen LogP contribution < -0.4 is 13.6 Å². The van der Waals surface area contributed by atoms with Gasteiger partial charge in [-0.15, -0.1) is 0 Å². The van der Waals surface area contributed by atoms with E-state index in [4.69, 9.17) is 13.6 Å². The highest BCUT2D eigenvalue weighted by atomic mass is 31.2. The highest BCUT2D eigenvalue weighted by Gasteiger charge is 2.30. The summed E-state index contributed by atoms with van der Waals surface area (Å²) in [6, 6.07) is 38.4. The van der Waals surface area contributed by atoms with Gasteiger partial charge < -0.3 is 18.7 Å². The fraction of sp³-hybridized carbons (Fsp3) is 0.268. The molecule has 5 aromatic rings. The second-order valence-electron chi connectivity index (χ2n) is 13.9. The van der Waals surface area contributed by atoms with Crippen molar-refractivity contribution in [3.63, 3.8) is 0 Å². The van der Waals surface area contributed by atoms with Gasteiger partial charge in [0.25, 0.3) is 0 Å². The maximum absolute atomic E-state index is 11.0. The number of aromatic hydroxyl groups is 1. The van der Waals surface area contributed by atoms with E-state index in [1.807, 2.05) is 66.7 Å². The minimum atomic E-state index is -1.83. The molecule has 4 nitrogen and oxygen atoms in total. The number of phenols is 1. The first-order chi connectivity index (χ1) is 21.8. The van der Waals surface area contributed by atoms with Crippen molar-refractivity contribution in [3.05, 3.63) is 154 Å². The van der Waals surface area contributed by atoms with E-state index in [0.717, 1.165) is 28.0 Å². The molecule has 46 heavy (non-hydrogen) atoms. The molecule has 5 heteroatoms. The molecule has 0 aromatic heterocycles. The summed E-state index contributed by atoms with van der Waals surface area (Å²) in [6.07, 6.45) is 0. The van der Waals surface area contributed by atoms with Crippen LogP contribution in [0.5, 0.6) is 23.0 Å². The summed E-state index contributed by atoms with van der Waals surface area (Å²) in [6.45, 7) is 17.3. The zero-order valence-electron chi connectivity index (χ0n) is 28.2. The largest absolute Gasteiger partial charge is 0.530 e. The molecule has 0 saturated heterocycles. The Morgan fingerprint density at radius 1 is 0.543 bits per heavy atom. The van der Waals surface area contributed by atoms with Crippen molar-refractivity contribution in [3.8, 4) is 23.0 Å². The van der Waals surface area contributed by atoms with Gasteiger partial charge in [0.1, 0.15) is 23.0 Å². The standard InChI is InChI=1S/C41H45O4P/c1-28-24-37(42)35(40(3,4)5)26-33(28)39(30-18-12-9-13-19-30)34-27-36(41(6,7)8)38(25-29(34)2)45-46(43-31-20-14-10-15-21-31)44-32-22-16-11-17-23-32/h9-27,39,42H,1-8H3. The van der Waals surface area contributed by atoms with E-state index in [2.05, 4.69) is 104 Å². The van der Waals surface area contributed by atoms with Gasteiger partial charge in [-0.2, -0.15) is 0 Å². The van der Waals surface area contributed by atoms with E-state index < -0.39 is 8.60 Å². The molecule has 0 saturated carbocycles. The average molecular weight is 633 g/mol. The summed E-state index contributed by atoms with van der Waals surface area (Å²) >= 11 is 0. The third-order valence-corrected chi connectivity index (χ3v) is 9.21. The van der Waals surface area contributed by atoms with E-state index in [-0.39, 0.29) is 16.7 Å². The first-order valence-electron chi connectivity index (χ1n) is 15.8. The van der Waals surface area contributed by atoms with Crippen molar-refractivity contribution < 1.29 is 18.7 Å². The molecule has 0 amide bonds. The fourth-order valence-electron chi connectivity index (χ4n) is 5.74. The first kappa shape index (κ1) is 33.1. The van der Waals surface area contributed by atoms with Crippen LogP contribution in [0.1, 0.15) is 86.4 Å². The SMILES string of the molecule is Cc1cc(O)c(C(C)(C)C)cc1C(c1ccccc1)c1cc(C(C)(C)C)c(OP(Oc2ccccc2)Oc2ccccc2)cc1C. The molecule has 1 atom stereocenters. The molecule has 238 valence electrons. The van der Waals surface area contributed by atoms with Gasteiger partial charge in [-0.25, -0.2) is 0 Å². The zero-order valence-corrected chi connectivity index (χ0v) is 29.1. The van der Waals surface area contributed by atoms with Gasteiger partial charge >= 0.3 is 8.60 Å². The number of hydrogen-bond acceptors (Lipinski definition) is 4. The minimum Gasteiger partial charge on any atom is -0.508 e. The smallest absolute Gasteiger partial charge is 0.508 e. The summed E-state index contributed by atoms with van der Waals surface area (Å²) in [7, 11) is -1.83. The van der Waals surface area contributed by atoms with Gasteiger partial charge in [-0.05, 0) is 94.5 Å². The molecule has 0 bridgehead atoms. The van der Waals surface area contributed by atoms with Gasteiger partial charge in [0.15, 0.2) is 0 Å². The lowest BCUT2D eigenvalue weighted by atomic mass is 9.75. The van der Waals surface area contributed by atoms with Crippen LogP contribution in [-0.2, 0) is 10.8 Å². The summed E-state index contributed by atoms with van der Waals surface area (Å²) in [4.78, 5) is 0. The predicted molar refractivity (Wildman–Crippen MR) is 190 cm³/mol. The third kappa shape index (κ3) is 7.74. The van der Waals surface area contributed by atoms with Crippen LogP contribution in [0.4, 0.5) is 0 Å². The molecule has 0 spiro atoms. The van der Waals surface area contributed by atoms with E-state index >= 15 is 0 Å². The molecule has 0 heterocycles. The van der Waals surface area contributed by atoms with E-state index in [1.54, 1.807) is 0 Å². The highest BCUT2D eigenvalue weighted by Crippen LogP contribution is 2.48. The van der Waals surface area contributed by atoms with E-state index in [9.17, 15) is 5.11 Å². The monoisotopic (exact) mass is 632 g/mol. The third-order valence-electron chi connectivity index (χ3n) is 8.14. The van der Waals surface area contributed by atoms with Crippen molar-refractivity contribution in [2.45, 2.75) is 72.1 Å². The normalized spacial score (nSPS) is 12.5. The second kappa shape index (κ2) is 13.6. The minimum absolute atomic E-state index is 0.0549. The van der Waals surface area contributed by atoms with Gasteiger partial charge in [0.05, 0.1) is 0 Å². The Kier molecular flexibility index (Phi) is 9.79. The van der Waals surface area contributed by atoms with Crippen LogP contribution in [0.15, 0.2) is 115 Å². The molecule has 1 unspecified atom stereocenters. The number of phenolic OH excluding ortho intramolecular Hbond substituents is 1. The van der Waals surface area contributed by atoms with Gasteiger partial charge in [0.2, 0.25) is 0 Å². The Hall–Kier alpha value is -4.27. The number of para-hydroxylation sites is 2. The number of hydrogen-bond donors (Lipinski definition) is 1. The van der Waals surface area contributed by atoms with Crippen molar-refractivity contribution in [1.82, 2.24) is 0 Å². The maximum atomic E-state index is 11.0.